The molecule has 0 saturated heterocycles. The van der Waals surface area contributed by atoms with Crippen molar-refractivity contribution in [1.82, 2.24) is 9.97 Å². The Balaban J connectivity index is 1.87. The first kappa shape index (κ1) is 15.8. The van der Waals surface area contributed by atoms with Crippen molar-refractivity contribution in [1.29, 1.82) is 0 Å². The van der Waals surface area contributed by atoms with Gasteiger partial charge in [-0.1, -0.05) is 50.5 Å². The third-order valence-electron chi connectivity index (χ3n) is 3.80. The Labute approximate surface area is 128 Å². The van der Waals surface area contributed by atoms with Crippen LogP contribution in [0.3, 0.4) is 0 Å². The van der Waals surface area contributed by atoms with Gasteiger partial charge in [0.25, 0.3) is 0 Å². The van der Waals surface area contributed by atoms with Crippen molar-refractivity contribution in [3.8, 4) is 11.3 Å². The molecule has 0 radical (unpaired) electrons. The van der Waals surface area contributed by atoms with E-state index >= 15 is 0 Å². The van der Waals surface area contributed by atoms with Crippen LogP contribution in [0.5, 0.6) is 0 Å². The summed E-state index contributed by atoms with van der Waals surface area (Å²) in [5, 5.41) is 0. The predicted molar refractivity (Wildman–Crippen MR) is 89.2 cm³/mol. The van der Waals surface area contributed by atoms with Crippen LogP contribution in [0.4, 0.5) is 0 Å². The number of benzene rings is 1. The standard InChI is InChI=1S/C18H27N3/c1-2-7-15-9-11-16(12-10-15)17-14-20-18(21-17)8-5-3-4-6-13-19/h9-12,14H,2-8,13,19H2,1H3,(H,20,21). The molecule has 0 spiro atoms. The van der Waals surface area contributed by atoms with Crippen LogP contribution in [0.25, 0.3) is 11.3 Å². The first-order chi connectivity index (χ1) is 10.3. The maximum atomic E-state index is 5.50. The van der Waals surface area contributed by atoms with E-state index in [1.54, 1.807) is 0 Å². The third kappa shape index (κ3) is 5.01. The second-order valence-corrected chi connectivity index (χ2v) is 5.64. The molecule has 0 saturated carbocycles. The summed E-state index contributed by atoms with van der Waals surface area (Å²) in [6.45, 7) is 3.02. The quantitative estimate of drug-likeness (QED) is 0.682. The van der Waals surface area contributed by atoms with Gasteiger partial charge in [-0.25, -0.2) is 4.98 Å². The number of aryl methyl sites for hydroxylation is 2. The third-order valence-corrected chi connectivity index (χ3v) is 3.80. The van der Waals surface area contributed by atoms with Gasteiger partial charge in [-0.3, -0.25) is 0 Å². The highest BCUT2D eigenvalue weighted by molar-refractivity contribution is 5.58. The van der Waals surface area contributed by atoms with Gasteiger partial charge in [0.05, 0.1) is 11.9 Å². The highest BCUT2D eigenvalue weighted by atomic mass is 14.9. The Hall–Kier alpha value is -1.61. The number of nitrogens with zero attached hydrogens (tertiary/aromatic N) is 1. The van der Waals surface area contributed by atoms with E-state index in [9.17, 15) is 0 Å². The molecule has 1 aromatic heterocycles. The number of unbranched alkanes of at least 4 members (excludes halogenated alkanes) is 3. The predicted octanol–water partition coefficient (Wildman–Crippen LogP) is 4.09. The Bertz CT molecular complexity index is 514. The van der Waals surface area contributed by atoms with Crippen LogP contribution in [-0.2, 0) is 12.8 Å². The van der Waals surface area contributed by atoms with E-state index in [0.717, 1.165) is 37.3 Å². The molecule has 3 N–H and O–H groups in total. The molecule has 114 valence electrons. The highest BCUT2D eigenvalue weighted by Gasteiger charge is 2.03. The van der Waals surface area contributed by atoms with E-state index in [1.165, 1.54) is 36.8 Å². The minimum absolute atomic E-state index is 0.804. The normalized spacial score (nSPS) is 11.0. The van der Waals surface area contributed by atoms with Gasteiger partial charge in [-0.05, 0) is 36.9 Å². The average molecular weight is 285 g/mol. The lowest BCUT2D eigenvalue weighted by molar-refractivity contribution is 0.638. The molecule has 0 atom stereocenters. The summed E-state index contributed by atoms with van der Waals surface area (Å²) in [4.78, 5) is 7.92. The molecule has 3 nitrogen and oxygen atoms in total. The van der Waals surface area contributed by atoms with Crippen molar-refractivity contribution in [3.05, 3.63) is 41.9 Å². The van der Waals surface area contributed by atoms with Crippen LogP contribution in [0.1, 0.15) is 50.4 Å². The van der Waals surface area contributed by atoms with Crippen LogP contribution in [0, 0.1) is 0 Å². The fraction of sp³-hybridized carbons (Fsp3) is 0.500. The van der Waals surface area contributed by atoms with Gasteiger partial charge in [-0.15, -0.1) is 0 Å². The monoisotopic (exact) mass is 285 g/mol. The van der Waals surface area contributed by atoms with Gasteiger partial charge >= 0.3 is 0 Å². The molecule has 0 aliphatic rings. The molecule has 2 rings (SSSR count). The topological polar surface area (TPSA) is 54.7 Å². The van der Waals surface area contributed by atoms with Crippen LogP contribution < -0.4 is 5.73 Å². The second kappa shape index (κ2) is 8.63. The zero-order valence-electron chi connectivity index (χ0n) is 13.1. The molecule has 0 fully saturated rings. The Morgan fingerprint density at radius 3 is 2.48 bits per heavy atom. The summed E-state index contributed by atoms with van der Waals surface area (Å²) in [5.74, 6) is 1.09. The molecule has 0 aliphatic heterocycles. The van der Waals surface area contributed by atoms with Gasteiger partial charge in [-0.2, -0.15) is 0 Å². The van der Waals surface area contributed by atoms with Crippen molar-refractivity contribution in [3.63, 3.8) is 0 Å². The van der Waals surface area contributed by atoms with E-state index in [0.29, 0.717) is 0 Å². The van der Waals surface area contributed by atoms with Gasteiger partial charge in [0.15, 0.2) is 0 Å². The lowest BCUT2D eigenvalue weighted by Gasteiger charge is -2.01. The molecular weight excluding hydrogens is 258 g/mol. The number of imidazole rings is 1. The number of nitrogens with one attached hydrogen (secondary N) is 1. The van der Waals surface area contributed by atoms with E-state index in [2.05, 4.69) is 41.2 Å². The number of aromatic amines is 1. The van der Waals surface area contributed by atoms with Gasteiger partial charge in [0.1, 0.15) is 5.82 Å². The minimum atomic E-state index is 0.804. The van der Waals surface area contributed by atoms with Crippen molar-refractivity contribution in [2.45, 2.75) is 51.9 Å². The Morgan fingerprint density at radius 2 is 1.76 bits per heavy atom. The van der Waals surface area contributed by atoms with Gasteiger partial charge < -0.3 is 10.7 Å². The number of rotatable bonds is 9. The molecule has 1 aromatic carbocycles. The average Bonchev–Trinajstić information content (AvgIpc) is 2.97. The lowest BCUT2D eigenvalue weighted by Crippen LogP contribution is -1.98. The van der Waals surface area contributed by atoms with E-state index in [1.807, 2.05) is 6.20 Å². The van der Waals surface area contributed by atoms with E-state index in [-0.39, 0.29) is 0 Å². The first-order valence-corrected chi connectivity index (χ1v) is 8.16. The summed E-state index contributed by atoms with van der Waals surface area (Å²) >= 11 is 0. The number of H-pyrrole nitrogens is 1. The summed E-state index contributed by atoms with van der Waals surface area (Å²) < 4.78 is 0. The van der Waals surface area contributed by atoms with E-state index in [4.69, 9.17) is 5.73 Å². The zero-order chi connectivity index (χ0) is 14.9. The number of hydrogen-bond acceptors (Lipinski definition) is 2. The second-order valence-electron chi connectivity index (χ2n) is 5.64. The summed E-state index contributed by atoms with van der Waals surface area (Å²) in [5.41, 5.74) is 9.24. The molecule has 0 amide bonds. The number of hydrogen-bond donors (Lipinski definition) is 2. The van der Waals surface area contributed by atoms with E-state index < -0.39 is 0 Å². The lowest BCUT2D eigenvalue weighted by atomic mass is 10.1. The zero-order valence-corrected chi connectivity index (χ0v) is 13.1. The summed E-state index contributed by atoms with van der Waals surface area (Å²) in [6, 6.07) is 8.80. The molecule has 0 aliphatic carbocycles. The highest BCUT2D eigenvalue weighted by Crippen LogP contribution is 2.19. The minimum Gasteiger partial charge on any atom is -0.342 e. The maximum absolute atomic E-state index is 5.50. The largest absolute Gasteiger partial charge is 0.342 e. The van der Waals surface area contributed by atoms with Crippen LogP contribution in [0.2, 0.25) is 0 Å². The Kier molecular flexibility index (Phi) is 6.48. The molecule has 0 unspecified atom stereocenters. The molecule has 21 heavy (non-hydrogen) atoms. The molecule has 1 heterocycles. The van der Waals surface area contributed by atoms with Crippen molar-refractivity contribution < 1.29 is 0 Å². The number of aromatic nitrogens is 2. The molecule has 0 bridgehead atoms. The fourth-order valence-corrected chi connectivity index (χ4v) is 2.57. The van der Waals surface area contributed by atoms with Gasteiger partial charge in [0, 0.05) is 6.42 Å². The summed E-state index contributed by atoms with van der Waals surface area (Å²) in [7, 11) is 0. The molecular formula is C18H27N3. The summed E-state index contributed by atoms with van der Waals surface area (Å²) in [6.07, 6.45) is 10.1. The first-order valence-electron chi connectivity index (χ1n) is 8.16. The van der Waals surface area contributed by atoms with Crippen molar-refractivity contribution in [2.75, 3.05) is 6.54 Å². The van der Waals surface area contributed by atoms with Crippen molar-refractivity contribution >= 4 is 0 Å². The smallest absolute Gasteiger partial charge is 0.106 e. The van der Waals surface area contributed by atoms with Crippen molar-refractivity contribution in [2.24, 2.45) is 5.73 Å². The van der Waals surface area contributed by atoms with Crippen LogP contribution in [0.15, 0.2) is 30.5 Å². The van der Waals surface area contributed by atoms with Crippen LogP contribution >= 0.6 is 0 Å². The Morgan fingerprint density at radius 1 is 1.00 bits per heavy atom. The van der Waals surface area contributed by atoms with Gasteiger partial charge in [0.2, 0.25) is 0 Å². The van der Waals surface area contributed by atoms with Crippen LogP contribution in [-0.4, -0.2) is 16.5 Å². The maximum Gasteiger partial charge on any atom is 0.106 e. The SMILES string of the molecule is CCCc1ccc(-c2cnc(CCCCCCN)[nH]2)cc1. The fourth-order valence-electron chi connectivity index (χ4n) is 2.57. The molecule has 2 aromatic rings. The number of nitrogens with two attached hydrogens (primary N) is 1. The molecule has 3 heteroatoms.